The summed E-state index contributed by atoms with van der Waals surface area (Å²) in [5.41, 5.74) is 7.40. The van der Waals surface area contributed by atoms with Crippen molar-refractivity contribution in [1.29, 1.82) is 0 Å². The van der Waals surface area contributed by atoms with Gasteiger partial charge in [0.15, 0.2) is 0 Å². The first-order valence-electron chi connectivity index (χ1n) is 4.10. The highest BCUT2D eigenvalue weighted by molar-refractivity contribution is 5.37. The van der Waals surface area contributed by atoms with Crippen LogP contribution in [0.1, 0.15) is 5.56 Å². The number of hydrogen-bond donors (Lipinski definition) is 1. The predicted molar refractivity (Wildman–Crippen MR) is 52.5 cm³/mol. The molecule has 4 nitrogen and oxygen atoms in total. The molecule has 13 heavy (non-hydrogen) atoms. The second kappa shape index (κ2) is 4.57. The van der Waals surface area contributed by atoms with Gasteiger partial charge in [0, 0.05) is 20.6 Å². The first-order chi connectivity index (χ1) is 6.22. The average molecular weight is 178 g/mol. The fraction of sp³-hybridized carbons (Fsp3) is 0.333. The summed E-state index contributed by atoms with van der Waals surface area (Å²) in [4.78, 5) is 0. The van der Waals surface area contributed by atoms with Gasteiger partial charge in [-0.25, -0.2) is 0 Å². The van der Waals surface area contributed by atoms with Crippen LogP contribution >= 0.6 is 0 Å². The molecule has 0 radical (unpaired) electrons. The lowest BCUT2D eigenvalue weighted by Gasteiger charge is -2.00. The average Bonchev–Trinajstić information content (AvgIpc) is 2.15. The summed E-state index contributed by atoms with van der Waals surface area (Å²) in [5, 5.41) is 9.52. The minimum Gasteiger partial charge on any atom is -0.326 e. The topological polar surface area (TPSA) is 54.0 Å². The van der Waals surface area contributed by atoms with Gasteiger partial charge in [0.25, 0.3) is 0 Å². The fourth-order valence-corrected chi connectivity index (χ4v) is 0.840. The van der Waals surface area contributed by atoms with E-state index in [9.17, 15) is 0 Å². The van der Waals surface area contributed by atoms with E-state index in [2.05, 4.69) is 10.3 Å². The van der Waals surface area contributed by atoms with Crippen LogP contribution in [0.15, 0.2) is 34.6 Å². The monoisotopic (exact) mass is 178 g/mol. The van der Waals surface area contributed by atoms with Crippen molar-refractivity contribution in [2.24, 2.45) is 16.1 Å². The Hall–Kier alpha value is -1.42. The van der Waals surface area contributed by atoms with Crippen LogP contribution in [0.4, 0.5) is 5.69 Å². The highest BCUT2D eigenvalue weighted by Gasteiger charge is 1.90. The van der Waals surface area contributed by atoms with Gasteiger partial charge in [0.05, 0.1) is 5.69 Å². The van der Waals surface area contributed by atoms with Gasteiger partial charge >= 0.3 is 0 Å². The maximum atomic E-state index is 5.46. The van der Waals surface area contributed by atoms with E-state index < -0.39 is 0 Å². The molecule has 0 bridgehead atoms. The van der Waals surface area contributed by atoms with Gasteiger partial charge in [-0.2, -0.15) is 0 Å². The normalized spacial score (nSPS) is 10.7. The molecule has 0 amide bonds. The Morgan fingerprint density at radius 1 is 1.23 bits per heavy atom. The van der Waals surface area contributed by atoms with Gasteiger partial charge in [-0.3, -0.25) is 5.01 Å². The molecule has 70 valence electrons. The minimum atomic E-state index is 0.561. The second-order valence-electron chi connectivity index (χ2n) is 2.91. The van der Waals surface area contributed by atoms with Crippen molar-refractivity contribution >= 4 is 5.69 Å². The van der Waals surface area contributed by atoms with E-state index in [1.54, 1.807) is 5.01 Å². The quantitative estimate of drug-likeness (QED) is 0.565. The van der Waals surface area contributed by atoms with Crippen LogP contribution in [0.3, 0.4) is 0 Å². The van der Waals surface area contributed by atoms with Crippen molar-refractivity contribution in [3.63, 3.8) is 0 Å². The Balaban J connectivity index is 2.69. The maximum Gasteiger partial charge on any atom is 0.0874 e. The first-order valence-corrected chi connectivity index (χ1v) is 4.10. The zero-order valence-corrected chi connectivity index (χ0v) is 7.94. The highest BCUT2D eigenvalue weighted by atomic mass is 15.5. The van der Waals surface area contributed by atoms with Gasteiger partial charge in [0.1, 0.15) is 0 Å². The van der Waals surface area contributed by atoms with E-state index >= 15 is 0 Å². The van der Waals surface area contributed by atoms with Crippen molar-refractivity contribution in [3.8, 4) is 0 Å². The van der Waals surface area contributed by atoms with Gasteiger partial charge < -0.3 is 5.73 Å². The molecule has 1 aromatic rings. The third kappa shape index (κ3) is 3.21. The van der Waals surface area contributed by atoms with Gasteiger partial charge in [-0.05, 0) is 17.7 Å². The zero-order valence-electron chi connectivity index (χ0n) is 7.94. The largest absolute Gasteiger partial charge is 0.326 e. The molecule has 0 spiro atoms. The van der Waals surface area contributed by atoms with Crippen molar-refractivity contribution in [3.05, 3.63) is 29.8 Å². The van der Waals surface area contributed by atoms with Crippen molar-refractivity contribution in [2.75, 3.05) is 14.1 Å². The molecular weight excluding hydrogens is 164 g/mol. The molecule has 0 aliphatic rings. The Labute approximate surface area is 78.0 Å². The van der Waals surface area contributed by atoms with Crippen molar-refractivity contribution < 1.29 is 0 Å². The summed E-state index contributed by atoms with van der Waals surface area (Å²) in [6, 6.07) is 7.69. The van der Waals surface area contributed by atoms with E-state index in [1.165, 1.54) is 0 Å². The van der Waals surface area contributed by atoms with Crippen LogP contribution in [0.2, 0.25) is 0 Å². The number of rotatable bonds is 3. The van der Waals surface area contributed by atoms with E-state index in [0.717, 1.165) is 11.3 Å². The maximum absolute atomic E-state index is 5.46. The van der Waals surface area contributed by atoms with Crippen LogP contribution in [0, 0.1) is 0 Å². The minimum absolute atomic E-state index is 0.561. The van der Waals surface area contributed by atoms with E-state index in [4.69, 9.17) is 5.73 Å². The number of benzene rings is 1. The van der Waals surface area contributed by atoms with Crippen LogP contribution in [0.5, 0.6) is 0 Å². The molecule has 1 rings (SSSR count). The summed E-state index contributed by atoms with van der Waals surface area (Å²) in [7, 11) is 3.66. The third-order valence-electron chi connectivity index (χ3n) is 1.51. The van der Waals surface area contributed by atoms with Crippen LogP contribution < -0.4 is 5.73 Å². The molecular formula is C9H14N4. The molecule has 2 N–H and O–H groups in total. The van der Waals surface area contributed by atoms with Crippen molar-refractivity contribution in [1.82, 2.24) is 5.01 Å². The summed E-state index contributed by atoms with van der Waals surface area (Å²) < 4.78 is 0. The van der Waals surface area contributed by atoms with Crippen LogP contribution in [0.25, 0.3) is 0 Å². The molecule has 0 aliphatic carbocycles. The molecule has 0 saturated carbocycles. The molecule has 0 fully saturated rings. The van der Waals surface area contributed by atoms with Crippen LogP contribution in [-0.2, 0) is 6.54 Å². The lowest BCUT2D eigenvalue weighted by Crippen LogP contribution is -1.99. The summed E-state index contributed by atoms with van der Waals surface area (Å²) in [5.74, 6) is 0. The summed E-state index contributed by atoms with van der Waals surface area (Å²) in [6.45, 7) is 0.561. The van der Waals surface area contributed by atoms with Gasteiger partial charge in [0.2, 0.25) is 0 Å². The highest BCUT2D eigenvalue weighted by Crippen LogP contribution is 2.13. The second-order valence-corrected chi connectivity index (χ2v) is 2.91. The standard InChI is InChI=1S/C9H14N4/c1-13(2)12-11-9-5-3-8(7-10)4-6-9/h3-6H,7,10H2,1-2H3. The Morgan fingerprint density at radius 2 is 1.85 bits per heavy atom. The third-order valence-corrected chi connectivity index (χ3v) is 1.51. The van der Waals surface area contributed by atoms with Gasteiger partial charge in [-0.15, -0.1) is 5.11 Å². The lowest BCUT2D eigenvalue weighted by atomic mass is 10.2. The summed E-state index contributed by atoms with van der Waals surface area (Å²) >= 11 is 0. The molecule has 1 aromatic carbocycles. The van der Waals surface area contributed by atoms with Gasteiger partial charge in [-0.1, -0.05) is 17.4 Å². The number of nitrogens with two attached hydrogens (primary N) is 1. The molecule has 4 heteroatoms. The predicted octanol–water partition coefficient (Wildman–Crippen LogP) is 1.71. The molecule has 0 aromatic heterocycles. The van der Waals surface area contributed by atoms with E-state index in [1.807, 2.05) is 38.4 Å². The fourth-order valence-electron chi connectivity index (χ4n) is 0.840. The molecule has 0 aliphatic heterocycles. The number of hydrogen-bond acceptors (Lipinski definition) is 3. The zero-order chi connectivity index (χ0) is 9.68. The smallest absolute Gasteiger partial charge is 0.0874 e. The summed E-state index contributed by atoms with van der Waals surface area (Å²) in [6.07, 6.45) is 0. The Bertz CT molecular complexity index is 276. The Kier molecular flexibility index (Phi) is 3.40. The molecule has 0 atom stereocenters. The molecule has 0 unspecified atom stereocenters. The molecule has 0 heterocycles. The van der Waals surface area contributed by atoms with E-state index in [-0.39, 0.29) is 0 Å². The lowest BCUT2D eigenvalue weighted by molar-refractivity contribution is 0.408. The van der Waals surface area contributed by atoms with E-state index in [0.29, 0.717) is 6.54 Å². The first kappa shape index (κ1) is 9.67. The number of nitrogens with zero attached hydrogens (tertiary/aromatic N) is 3. The Morgan fingerprint density at radius 3 is 2.31 bits per heavy atom. The molecule has 0 saturated heterocycles. The SMILES string of the molecule is CN(C)N=Nc1ccc(CN)cc1. The van der Waals surface area contributed by atoms with Crippen molar-refractivity contribution in [2.45, 2.75) is 6.54 Å². The van der Waals surface area contributed by atoms with Crippen LogP contribution in [-0.4, -0.2) is 19.1 Å².